The lowest BCUT2D eigenvalue weighted by molar-refractivity contribution is -0.149. The van der Waals surface area contributed by atoms with Crippen LogP contribution in [0.2, 0.25) is 5.02 Å². The van der Waals surface area contributed by atoms with E-state index in [1.807, 2.05) is 13.8 Å². The van der Waals surface area contributed by atoms with E-state index in [2.05, 4.69) is 10.4 Å². The fraction of sp³-hybridized carbons (Fsp3) is 0.643. The molecule has 2 atom stereocenters. The maximum absolute atomic E-state index is 12.4. The van der Waals surface area contributed by atoms with E-state index < -0.39 is 12.1 Å². The van der Waals surface area contributed by atoms with Gasteiger partial charge in [0.2, 0.25) is 11.8 Å². The molecule has 1 N–H and O–H groups in total. The Balaban J connectivity index is 2.33. The highest BCUT2D eigenvalue weighted by Gasteiger charge is 2.38. The van der Waals surface area contributed by atoms with Gasteiger partial charge in [-0.1, -0.05) is 25.4 Å². The zero-order chi connectivity index (χ0) is 15.7. The fourth-order valence-electron chi connectivity index (χ4n) is 2.66. The lowest BCUT2D eigenvalue weighted by Gasteiger charge is -2.37. The molecule has 1 aromatic heterocycles. The molecule has 0 aromatic carbocycles. The van der Waals surface area contributed by atoms with Gasteiger partial charge in [0.15, 0.2) is 0 Å². The molecule has 0 spiro atoms. The van der Waals surface area contributed by atoms with Crippen LogP contribution < -0.4 is 5.32 Å². The number of amides is 2. The van der Waals surface area contributed by atoms with E-state index in [0.717, 1.165) is 17.8 Å². The van der Waals surface area contributed by atoms with Crippen molar-refractivity contribution in [3.05, 3.63) is 16.4 Å². The minimum Gasteiger partial charge on any atom is -0.343 e. The zero-order valence-electron chi connectivity index (χ0n) is 12.8. The molecular formula is C14H21ClN4O2. The maximum atomic E-state index is 12.4. The first-order valence-corrected chi connectivity index (χ1v) is 7.59. The first-order valence-electron chi connectivity index (χ1n) is 7.21. The molecule has 1 aromatic rings. The van der Waals surface area contributed by atoms with Gasteiger partial charge in [0.25, 0.3) is 0 Å². The predicted octanol–water partition coefficient (Wildman–Crippen LogP) is 1.26. The molecule has 1 saturated heterocycles. The Kier molecular flexibility index (Phi) is 4.56. The van der Waals surface area contributed by atoms with Crippen molar-refractivity contribution in [2.24, 2.45) is 7.05 Å². The van der Waals surface area contributed by atoms with Crippen molar-refractivity contribution < 1.29 is 9.59 Å². The van der Waals surface area contributed by atoms with E-state index in [1.165, 1.54) is 0 Å². The highest BCUT2D eigenvalue weighted by atomic mass is 35.5. The minimum atomic E-state index is -0.502. The molecule has 2 rings (SSSR count). The standard InChI is InChI=1S/C14H21ClN4O2/c1-5-9-12(15)11(18(4)17-9)7-19-10(6-2)13(20)16-8(3)14(19)21/h8,10H,5-7H2,1-4H3,(H,16,20). The fourth-order valence-corrected chi connectivity index (χ4v) is 3.02. The molecule has 116 valence electrons. The summed E-state index contributed by atoms with van der Waals surface area (Å²) in [6.45, 7) is 5.87. The number of carbonyl (C=O) groups excluding carboxylic acids is 2. The maximum Gasteiger partial charge on any atom is 0.245 e. The lowest BCUT2D eigenvalue weighted by Crippen LogP contribution is -2.61. The first kappa shape index (κ1) is 15.8. The van der Waals surface area contributed by atoms with Crippen molar-refractivity contribution in [3.63, 3.8) is 0 Å². The van der Waals surface area contributed by atoms with Crippen LogP contribution in [-0.4, -0.2) is 38.6 Å². The summed E-state index contributed by atoms with van der Waals surface area (Å²) < 4.78 is 1.69. The minimum absolute atomic E-state index is 0.0863. The molecule has 2 amide bonds. The van der Waals surface area contributed by atoms with Gasteiger partial charge in [0, 0.05) is 7.05 Å². The van der Waals surface area contributed by atoms with E-state index in [-0.39, 0.29) is 11.8 Å². The molecule has 2 heterocycles. The molecule has 0 saturated carbocycles. The Morgan fingerprint density at radius 3 is 2.52 bits per heavy atom. The number of rotatable bonds is 4. The van der Waals surface area contributed by atoms with Gasteiger partial charge >= 0.3 is 0 Å². The molecule has 1 fully saturated rings. The Morgan fingerprint density at radius 1 is 1.33 bits per heavy atom. The molecule has 2 unspecified atom stereocenters. The van der Waals surface area contributed by atoms with Crippen molar-refractivity contribution in [1.29, 1.82) is 0 Å². The van der Waals surface area contributed by atoms with Gasteiger partial charge in [-0.25, -0.2) is 0 Å². The van der Waals surface area contributed by atoms with Crippen molar-refractivity contribution in [1.82, 2.24) is 20.0 Å². The van der Waals surface area contributed by atoms with E-state index in [1.54, 1.807) is 23.6 Å². The topological polar surface area (TPSA) is 67.2 Å². The summed E-state index contributed by atoms with van der Waals surface area (Å²) in [5.74, 6) is -0.199. The third kappa shape index (κ3) is 2.77. The summed E-state index contributed by atoms with van der Waals surface area (Å²) in [5, 5.41) is 7.64. The molecule has 0 bridgehead atoms. The van der Waals surface area contributed by atoms with Gasteiger partial charge in [-0.3, -0.25) is 14.3 Å². The summed E-state index contributed by atoms with van der Waals surface area (Å²) >= 11 is 6.34. The van der Waals surface area contributed by atoms with E-state index >= 15 is 0 Å². The first-order chi connectivity index (χ1) is 9.90. The number of nitrogens with one attached hydrogen (secondary N) is 1. The van der Waals surface area contributed by atoms with E-state index in [9.17, 15) is 9.59 Å². The zero-order valence-corrected chi connectivity index (χ0v) is 13.6. The van der Waals surface area contributed by atoms with E-state index in [0.29, 0.717) is 18.0 Å². The van der Waals surface area contributed by atoms with Crippen molar-refractivity contribution in [2.75, 3.05) is 0 Å². The SMILES string of the molecule is CCc1nn(C)c(CN2C(=O)C(C)NC(=O)C2CC)c1Cl. The highest BCUT2D eigenvalue weighted by Crippen LogP contribution is 2.25. The molecule has 0 aliphatic carbocycles. The van der Waals surface area contributed by atoms with Gasteiger partial charge in [0.05, 0.1) is 23.0 Å². The van der Waals surface area contributed by atoms with Gasteiger partial charge in [-0.05, 0) is 19.8 Å². The van der Waals surface area contributed by atoms with Crippen LogP contribution in [0.1, 0.15) is 38.6 Å². The second-order valence-electron chi connectivity index (χ2n) is 5.30. The number of aryl methyl sites for hydroxylation is 2. The third-order valence-electron chi connectivity index (χ3n) is 3.90. The van der Waals surface area contributed by atoms with Crippen molar-refractivity contribution >= 4 is 23.4 Å². The average molecular weight is 313 g/mol. The number of nitrogens with zero attached hydrogens (tertiary/aromatic N) is 3. The molecule has 21 heavy (non-hydrogen) atoms. The number of halogens is 1. The Bertz CT molecular complexity index is 570. The van der Waals surface area contributed by atoms with Crippen LogP contribution in [0, 0.1) is 0 Å². The normalized spacial score (nSPS) is 22.6. The smallest absolute Gasteiger partial charge is 0.245 e. The number of piperazine rings is 1. The van der Waals surface area contributed by atoms with Crippen molar-refractivity contribution in [3.8, 4) is 0 Å². The van der Waals surface area contributed by atoms with Crippen LogP contribution in [0.3, 0.4) is 0 Å². The van der Waals surface area contributed by atoms with Gasteiger partial charge in [0.1, 0.15) is 12.1 Å². The van der Waals surface area contributed by atoms with Gasteiger partial charge in [-0.15, -0.1) is 0 Å². The molecule has 6 nitrogen and oxygen atoms in total. The van der Waals surface area contributed by atoms with Crippen LogP contribution in [0.15, 0.2) is 0 Å². The van der Waals surface area contributed by atoms with Gasteiger partial charge in [-0.2, -0.15) is 5.10 Å². The second-order valence-corrected chi connectivity index (χ2v) is 5.68. The largest absolute Gasteiger partial charge is 0.343 e. The average Bonchev–Trinajstić information content (AvgIpc) is 2.71. The van der Waals surface area contributed by atoms with Crippen LogP contribution in [0.5, 0.6) is 0 Å². The van der Waals surface area contributed by atoms with E-state index in [4.69, 9.17) is 11.6 Å². The molecule has 1 aliphatic heterocycles. The number of hydrogen-bond acceptors (Lipinski definition) is 3. The third-order valence-corrected chi connectivity index (χ3v) is 4.34. The number of aromatic nitrogens is 2. The molecule has 7 heteroatoms. The van der Waals surface area contributed by atoms with Crippen LogP contribution in [0.25, 0.3) is 0 Å². The summed E-state index contributed by atoms with van der Waals surface area (Å²) in [6, 6.07) is -0.956. The molecular weight excluding hydrogens is 292 g/mol. The monoisotopic (exact) mass is 312 g/mol. The predicted molar refractivity (Wildman–Crippen MR) is 79.8 cm³/mol. The highest BCUT2D eigenvalue weighted by molar-refractivity contribution is 6.31. The summed E-state index contributed by atoms with van der Waals surface area (Å²) in [7, 11) is 1.80. The van der Waals surface area contributed by atoms with Crippen LogP contribution >= 0.6 is 11.6 Å². The Labute approximate surface area is 129 Å². The quantitative estimate of drug-likeness (QED) is 0.910. The van der Waals surface area contributed by atoms with Crippen molar-refractivity contribution in [2.45, 2.75) is 52.2 Å². The Morgan fingerprint density at radius 2 is 2.00 bits per heavy atom. The number of carbonyl (C=O) groups is 2. The Hall–Kier alpha value is -1.56. The van der Waals surface area contributed by atoms with Crippen LogP contribution in [0.4, 0.5) is 0 Å². The summed E-state index contributed by atoms with van der Waals surface area (Å²) in [5.41, 5.74) is 1.58. The number of hydrogen-bond donors (Lipinski definition) is 1. The summed E-state index contributed by atoms with van der Waals surface area (Å²) in [6.07, 6.45) is 1.30. The second kappa shape index (κ2) is 6.05. The molecule has 0 radical (unpaired) electrons. The summed E-state index contributed by atoms with van der Waals surface area (Å²) in [4.78, 5) is 26.0. The lowest BCUT2D eigenvalue weighted by atomic mass is 10.1. The molecule has 1 aliphatic rings. The van der Waals surface area contributed by atoms with Crippen LogP contribution in [-0.2, 0) is 29.6 Å². The van der Waals surface area contributed by atoms with Gasteiger partial charge < -0.3 is 10.2 Å².